The molecule has 3 aromatic carbocycles. The molecule has 0 saturated heterocycles. The Kier molecular flexibility index (Phi) is 7.23. The molecule has 0 radical (unpaired) electrons. The number of nitrogens with zero attached hydrogens (tertiary/aromatic N) is 3. The highest BCUT2D eigenvalue weighted by Gasteiger charge is 2.30. The number of rotatable bonds is 7. The lowest BCUT2D eigenvalue weighted by Crippen LogP contribution is -2.47. The van der Waals surface area contributed by atoms with Crippen molar-refractivity contribution in [2.45, 2.75) is 12.5 Å². The van der Waals surface area contributed by atoms with Crippen molar-refractivity contribution in [2.24, 2.45) is 16.7 Å². The second kappa shape index (κ2) is 10.1. The Bertz CT molecular complexity index is 1330. The molecule has 1 atom stereocenters. The summed E-state index contributed by atoms with van der Waals surface area (Å²) in [5.41, 5.74) is 9.69. The molecule has 0 unspecified atom stereocenters. The second-order valence-electron chi connectivity index (χ2n) is 7.40. The quantitative estimate of drug-likeness (QED) is 0.314. The first-order valence-electron chi connectivity index (χ1n) is 9.96. The molecule has 0 bridgehead atoms. The summed E-state index contributed by atoms with van der Waals surface area (Å²) in [6.45, 7) is 0. The molecule has 9 heteroatoms. The highest BCUT2D eigenvalue weighted by atomic mass is 32.2. The summed E-state index contributed by atoms with van der Waals surface area (Å²) < 4.78 is 25.7. The second-order valence-corrected chi connectivity index (χ2v) is 9.23. The molecule has 0 aromatic heterocycles. The first-order chi connectivity index (χ1) is 15.7. The van der Waals surface area contributed by atoms with E-state index >= 15 is 0 Å². The van der Waals surface area contributed by atoms with Crippen molar-refractivity contribution in [1.82, 2.24) is 0 Å². The van der Waals surface area contributed by atoms with Gasteiger partial charge in [-0.1, -0.05) is 54.6 Å². The van der Waals surface area contributed by atoms with Crippen LogP contribution in [0.2, 0.25) is 0 Å². The normalized spacial score (nSPS) is 12.3. The van der Waals surface area contributed by atoms with Gasteiger partial charge in [0.1, 0.15) is 0 Å². The lowest BCUT2D eigenvalue weighted by Gasteiger charge is -2.24. The molecule has 0 aliphatic rings. The number of hydrazone groups is 1. The van der Waals surface area contributed by atoms with E-state index in [1.807, 2.05) is 6.07 Å². The first kappa shape index (κ1) is 23.7. The van der Waals surface area contributed by atoms with Crippen LogP contribution in [-0.4, -0.2) is 32.8 Å². The van der Waals surface area contributed by atoms with Crippen molar-refractivity contribution in [3.63, 3.8) is 0 Å². The molecular formula is C24H23N5O3S. The monoisotopic (exact) mass is 461 g/mol. The number of sulfonamides is 1. The fourth-order valence-electron chi connectivity index (χ4n) is 3.47. The topological polar surface area (TPSA) is 143 Å². The Morgan fingerprint density at radius 1 is 1.12 bits per heavy atom. The van der Waals surface area contributed by atoms with Gasteiger partial charge in [0.2, 0.25) is 10.0 Å². The number of nitrogens with two attached hydrogens (primary N) is 2. The van der Waals surface area contributed by atoms with Crippen molar-refractivity contribution < 1.29 is 13.2 Å². The van der Waals surface area contributed by atoms with Gasteiger partial charge in [-0.2, -0.15) is 10.4 Å². The molecule has 0 aliphatic heterocycles. The van der Waals surface area contributed by atoms with E-state index in [-0.39, 0.29) is 12.1 Å². The molecule has 8 nitrogen and oxygen atoms in total. The van der Waals surface area contributed by atoms with Crippen LogP contribution in [0.15, 0.2) is 77.9 Å². The maximum Gasteiger partial charge on any atom is 0.257 e. The van der Waals surface area contributed by atoms with Gasteiger partial charge in [-0.15, -0.1) is 0 Å². The van der Waals surface area contributed by atoms with Crippen LogP contribution in [0.25, 0.3) is 11.1 Å². The molecule has 0 spiro atoms. The zero-order valence-electron chi connectivity index (χ0n) is 17.9. The number of benzene rings is 3. The molecule has 0 fully saturated rings. The Labute approximate surface area is 192 Å². The predicted molar refractivity (Wildman–Crippen MR) is 129 cm³/mol. The highest BCUT2D eigenvalue weighted by molar-refractivity contribution is 7.92. The Hall–Kier alpha value is -4.00. The summed E-state index contributed by atoms with van der Waals surface area (Å²) in [6, 6.07) is 21.6. The van der Waals surface area contributed by atoms with Crippen LogP contribution in [0, 0.1) is 11.3 Å². The van der Waals surface area contributed by atoms with Crippen molar-refractivity contribution in [3.05, 3.63) is 89.5 Å². The van der Waals surface area contributed by atoms with E-state index in [4.69, 9.17) is 11.6 Å². The van der Waals surface area contributed by atoms with Gasteiger partial charge in [0.05, 0.1) is 35.8 Å². The van der Waals surface area contributed by atoms with Crippen LogP contribution < -0.4 is 15.9 Å². The minimum absolute atomic E-state index is 0.130. The lowest BCUT2D eigenvalue weighted by atomic mass is 10.00. The summed E-state index contributed by atoms with van der Waals surface area (Å²) >= 11 is 0. The summed E-state index contributed by atoms with van der Waals surface area (Å²) in [5.74, 6) is 4.43. The molecule has 4 N–H and O–H groups in total. The fourth-order valence-corrected chi connectivity index (χ4v) is 4.44. The van der Waals surface area contributed by atoms with E-state index in [1.165, 1.54) is 18.3 Å². The standard InChI is InChI=1S/C24H23N5O3S/c1-33(31,32)29(24(30)23(26)14-17-5-4-6-18(13-17)16-28-27)21-11-9-19(10-12-21)22-8-3-2-7-20(22)15-25/h2-13,16,23H,14,26-27H2,1H3/t23-/m0/s1. The van der Waals surface area contributed by atoms with Gasteiger partial charge in [-0.25, -0.2) is 12.7 Å². The van der Waals surface area contributed by atoms with Crippen LogP contribution in [0.5, 0.6) is 0 Å². The molecule has 0 heterocycles. The van der Waals surface area contributed by atoms with E-state index < -0.39 is 22.0 Å². The number of hydrogen-bond acceptors (Lipinski definition) is 7. The van der Waals surface area contributed by atoms with Gasteiger partial charge in [-0.3, -0.25) is 4.79 Å². The Morgan fingerprint density at radius 2 is 1.82 bits per heavy atom. The number of anilines is 1. The minimum atomic E-state index is -3.95. The van der Waals surface area contributed by atoms with Crippen LogP contribution in [-0.2, 0) is 21.2 Å². The number of hydrogen-bond donors (Lipinski definition) is 2. The Balaban J connectivity index is 1.89. The van der Waals surface area contributed by atoms with E-state index in [1.54, 1.807) is 54.6 Å². The third-order valence-electron chi connectivity index (χ3n) is 4.94. The molecule has 3 aromatic rings. The number of amides is 1. The smallest absolute Gasteiger partial charge is 0.257 e. The lowest BCUT2D eigenvalue weighted by molar-refractivity contribution is -0.118. The third-order valence-corrected chi connectivity index (χ3v) is 5.99. The van der Waals surface area contributed by atoms with Crippen molar-refractivity contribution in [3.8, 4) is 17.2 Å². The van der Waals surface area contributed by atoms with Gasteiger partial charge in [0, 0.05) is 0 Å². The van der Waals surface area contributed by atoms with Crippen molar-refractivity contribution >= 4 is 27.8 Å². The predicted octanol–water partition coefficient (Wildman–Crippen LogP) is 2.38. The zero-order valence-corrected chi connectivity index (χ0v) is 18.7. The largest absolute Gasteiger partial charge is 0.323 e. The summed E-state index contributed by atoms with van der Waals surface area (Å²) in [7, 11) is -3.95. The van der Waals surface area contributed by atoms with Crippen molar-refractivity contribution in [2.75, 3.05) is 10.6 Å². The number of carbonyl (C=O) groups is 1. The molecule has 0 aliphatic carbocycles. The molecule has 3 rings (SSSR count). The highest BCUT2D eigenvalue weighted by Crippen LogP contribution is 2.27. The SMILES string of the molecule is CS(=O)(=O)N(C(=O)[C@@H](N)Cc1cccc(C=NN)c1)c1ccc(-c2ccccc2C#N)cc1. The molecular weight excluding hydrogens is 438 g/mol. The van der Waals surface area contributed by atoms with Crippen molar-refractivity contribution in [1.29, 1.82) is 5.26 Å². The number of nitriles is 1. The average molecular weight is 462 g/mol. The molecule has 168 valence electrons. The molecule has 0 saturated carbocycles. The van der Waals surface area contributed by atoms with Gasteiger partial charge in [0.25, 0.3) is 5.91 Å². The maximum absolute atomic E-state index is 13.1. The summed E-state index contributed by atoms with van der Waals surface area (Å²) in [4.78, 5) is 13.1. The number of carbonyl (C=O) groups excluding carboxylic acids is 1. The van der Waals surface area contributed by atoms with E-state index in [0.29, 0.717) is 15.4 Å². The van der Waals surface area contributed by atoms with E-state index in [0.717, 1.165) is 22.9 Å². The maximum atomic E-state index is 13.1. The fraction of sp³-hybridized carbons (Fsp3) is 0.125. The van der Waals surface area contributed by atoms with Gasteiger partial charge >= 0.3 is 0 Å². The van der Waals surface area contributed by atoms with E-state index in [2.05, 4.69) is 11.2 Å². The van der Waals surface area contributed by atoms with Crippen LogP contribution >= 0.6 is 0 Å². The van der Waals surface area contributed by atoms with Gasteiger partial charge in [0.15, 0.2) is 0 Å². The van der Waals surface area contributed by atoms with Crippen LogP contribution in [0.4, 0.5) is 5.69 Å². The minimum Gasteiger partial charge on any atom is -0.323 e. The Morgan fingerprint density at radius 3 is 2.45 bits per heavy atom. The van der Waals surface area contributed by atoms with E-state index in [9.17, 15) is 18.5 Å². The first-order valence-corrected chi connectivity index (χ1v) is 11.8. The average Bonchev–Trinajstić information content (AvgIpc) is 2.79. The molecule has 33 heavy (non-hydrogen) atoms. The van der Waals surface area contributed by atoms with Gasteiger partial charge < -0.3 is 11.6 Å². The zero-order chi connectivity index (χ0) is 24.0. The van der Waals surface area contributed by atoms with Crippen LogP contribution in [0.1, 0.15) is 16.7 Å². The molecule has 1 amide bonds. The van der Waals surface area contributed by atoms with Crippen LogP contribution in [0.3, 0.4) is 0 Å². The van der Waals surface area contributed by atoms with Gasteiger partial charge in [-0.05, 0) is 46.9 Å². The summed E-state index contributed by atoms with van der Waals surface area (Å²) in [5, 5.41) is 12.8. The summed E-state index contributed by atoms with van der Waals surface area (Å²) in [6.07, 6.45) is 2.55. The third kappa shape index (κ3) is 5.63.